The first-order valence-electron chi connectivity index (χ1n) is 12.1. The maximum Gasteiger partial charge on any atom is 0.300 e. The first-order valence-corrected chi connectivity index (χ1v) is 14.0. The molecule has 4 aromatic carbocycles. The van der Waals surface area contributed by atoms with E-state index in [-0.39, 0.29) is 0 Å². The van der Waals surface area contributed by atoms with E-state index in [1.807, 2.05) is 0 Å². The average molecular weight is 515 g/mol. The maximum absolute atomic E-state index is 9.00. The molecule has 0 radical (unpaired) electrons. The molecule has 4 rings (SSSR count). The van der Waals surface area contributed by atoms with Crippen LogP contribution in [0, 0.1) is 20.8 Å². The lowest BCUT2D eigenvalue weighted by Crippen LogP contribution is -2.36. The lowest BCUT2D eigenvalue weighted by molar-refractivity contribution is -0.302. The topological polar surface area (TPSA) is 77.4 Å². The van der Waals surface area contributed by atoms with Gasteiger partial charge in [-0.05, 0) is 68.1 Å². The summed E-state index contributed by atoms with van der Waals surface area (Å²) in [6.07, 6.45) is 1.04. The summed E-state index contributed by atoms with van der Waals surface area (Å²) in [5, 5.41) is 20.8. The van der Waals surface area contributed by atoms with E-state index >= 15 is 0 Å². The summed E-state index contributed by atoms with van der Waals surface area (Å²) in [5.41, 5.74) is 5.53. The van der Waals surface area contributed by atoms with Crippen molar-refractivity contribution in [2.24, 2.45) is 0 Å². The molecule has 0 aliphatic rings. The Hall–Kier alpha value is -3.75. The number of carboxylic acid groups (broad SMARTS) is 2. The fourth-order valence-corrected chi connectivity index (χ4v) is 9.58. The van der Waals surface area contributed by atoms with Crippen LogP contribution in [0.4, 0.5) is 0 Å². The Morgan fingerprint density at radius 1 is 0.622 bits per heavy atom. The monoisotopic (exact) mass is 514 g/mol. The van der Waals surface area contributed by atoms with Crippen LogP contribution in [0.2, 0.25) is 0 Å². The van der Waals surface area contributed by atoms with Gasteiger partial charge in [0.1, 0.15) is 23.2 Å². The molecule has 0 aliphatic heterocycles. The van der Waals surface area contributed by atoms with Crippen LogP contribution in [0.1, 0.15) is 36.1 Å². The minimum Gasteiger partial charge on any atom is -0.550 e. The van der Waals surface area contributed by atoms with E-state index in [2.05, 4.69) is 124 Å². The second kappa shape index (κ2) is 14.1. The van der Waals surface area contributed by atoms with E-state index in [1.54, 1.807) is 0 Å². The summed E-state index contributed by atoms with van der Waals surface area (Å²) in [7, 11) is -1.89. The van der Waals surface area contributed by atoms with Crippen molar-refractivity contribution >= 4 is 35.1 Å². The van der Waals surface area contributed by atoms with Gasteiger partial charge in [-0.25, -0.2) is 0 Å². The number of carboxylic acids is 2. The fourth-order valence-electron chi connectivity index (χ4n) is 4.48. The second-order valence-electron chi connectivity index (χ2n) is 8.82. The molecule has 0 heterocycles. The lowest BCUT2D eigenvalue weighted by Gasteiger charge is -2.31. The van der Waals surface area contributed by atoms with Gasteiger partial charge in [0.15, 0.2) is 0 Å². The predicted molar refractivity (Wildman–Crippen MR) is 153 cm³/mol. The Morgan fingerprint density at radius 2 is 0.892 bits per heavy atom. The number of carbonyl (C=O) groups is 2. The second-order valence-corrected chi connectivity index (χ2v) is 12.2. The van der Waals surface area contributed by atoms with E-state index < -0.39 is 19.2 Å². The zero-order valence-corrected chi connectivity index (χ0v) is 23.0. The van der Waals surface area contributed by atoms with Crippen molar-refractivity contribution in [2.45, 2.75) is 40.8 Å². The zero-order chi connectivity index (χ0) is 27.4. The molecule has 37 heavy (non-hydrogen) atoms. The fraction of sp³-hybridized carbons (Fsp3) is 0.188. The van der Waals surface area contributed by atoms with Crippen LogP contribution in [0.5, 0.6) is 0 Å². The molecule has 0 saturated heterocycles. The molecular weight excluding hydrogens is 479 g/mol. The van der Waals surface area contributed by atoms with E-state index in [9.17, 15) is 0 Å². The molecule has 0 bridgehead atoms. The summed E-state index contributed by atoms with van der Waals surface area (Å²) in [4.78, 5) is 17.9. The lowest BCUT2D eigenvalue weighted by atomic mass is 10.2. The third kappa shape index (κ3) is 8.13. The highest BCUT2D eigenvalue weighted by Crippen LogP contribution is 2.59. The standard InChI is InChI=1S/C28H28P.2C2H4O2/c1-22-13-7-10-18-26(22)29(21-25-16-5-4-6-17-25,27-19-11-8-14-23(27)2)28-20-12-9-15-24(28)3;2*1-2(3)4/h4-20H,21H2,1-3H3;2*1H3,(H,3,4)/q+1;;/p-1. The number of carbonyl (C=O) groups excluding carboxylic acids is 1. The molecule has 0 atom stereocenters. The first-order chi connectivity index (χ1) is 17.6. The molecular formula is C32H35O4P. The van der Waals surface area contributed by atoms with Gasteiger partial charge < -0.3 is 15.0 Å². The quantitative estimate of drug-likeness (QED) is 0.382. The molecule has 4 aromatic rings. The smallest absolute Gasteiger partial charge is 0.300 e. The van der Waals surface area contributed by atoms with Crippen molar-refractivity contribution in [1.82, 2.24) is 0 Å². The van der Waals surface area contributed by atoms with Crippen molar-refractivity contribution in [2.75, 3.05) is 0 Å². The van der Waals surface area contributed by atoms with Gasteiger partial charge in [0.2, 0.25) is 0 Å². The molecule has 0 aliphatic carbocycles. The number of hydrogen-bond acceptors (Lipinski definition) is 3. The molecule has 0 amide bonds. The summed E-state index contributed by atoms with van der Waals surface area (Å²) in [6.45, 7) is 8.86. The molecule has 0 saturated carbocycles. The van der Waals surface area contributed by atoms with Crippen LogP contribution >= 0.6 is 7.26 Å². The van der Waals surface area contributed by atoms with Gasteiger partial charge in [0, 0.05) is 12.9 Å². The first kappa shape index (κ1) is 29.5. The third-order valence-corrected chi connectivity index (χ3v) is 10.7. The van der Waals surface area contributed by atoms with Gasteiger partial charge in [-0.3, -0.25) is 4.79 Å². The van der Waals surface area contributed by atoms with Crippen molar-refractivity contribution in [3.05, 3.63) is 125 Å². The highest BCUT2D eigenvalue weighted by atomic mass is 31.2. The molecule has 0 spiro atoms. The van der Waals surface area contributed by atoms with Gasteiger partial charge in [-0.15, -0.1) is 0 Å². The van der Waals surface area contributed by atoms with Crippen molar-refractivity contribution in [1.29, 1.82) is 0 Å². The van der Waals surface area contributed by atoms with E-state index in [4.69, 9.17) is 19.8 Å². The largest absolute Gasteiger partial charge is 0.550 e. The SMILES string of the molecule is CC(=O)O.CC(=O)[O-].Cc1ccccc1[P+](Cc1ccccc1)(c1ccccc1C)c1ccccc1C. The predicted octanol–water partition coefficient (Wildman–Crippen LogP) is 4.95. The number of hydrogen-bond donors (Lipinski definition) is 1. The Bertz CT molecular complexity index is 1180. The van der Waals surface area contributed by atoms with Gasteiger partial charge >= 0.3 is 0 Å². The number of aliphatic carboxylic acids is 2. The normalized spacial score (nSPS) is 10.3. The molecule has 0 fully saturated rings. The van der Waals surface area contributed by atoms with Crippen molar-refractivity contribution in [3.8, 4) is 0 Å². The molecule has 192 valence electrons. The minimum absolute atomic E-state index is 0.833. The minimum atomic E-state index is -1.89. The molecule has 1 N–H and O–H groups in total. The molecule has 0 unspecified atom stereocenters. The van der Waals surface area contributed by atoms with Crippen LogP contribution in [-0.4, -0.2) is 17.0 Å². The Labute approximate surface area is 221 Å². The summed E-state index contributed by atoms with van der Waals surface area (Å²) >= 11 is 0. The summed E-state index contributed by atoms with van der Waals surface area (Å²) in [6, 6.07) is 38.0. The van der Waals surface area contributed by atoms with Gasteiger partial charge in [0.05, 0.1) is 6.16 Å². The van der Waals surface area contributed by atoms with Crippen LogP contribution in [0.3, 0.4) is 0 Å². The van der Waals surface area contributed by atoms with Crippen molar-refractivity contribution in [3.63, 3.8) is 0 Å². The van der Waals surface area contributed by atoms with Gasteiger partial charge in [-0.2, -0.15) is 0 Å². The molecule has 4 nitrogen and oxygen atoms in total. The third-order valence-electron chi connectivity index (χ3n) is 5.84. The number of benzene rings is 4. The maximum atomic E-state index is 9.00. The van der Waals surface area contributed by atoms with Crippen LogP contribution < -0.4 is 21.0 Å². The van der Waals surface area contributed by atoms with Crippen LogP contribution in [-0.2, 0) is 15.8 Å². The van der Waals surface area contributed by atoms with E-state index in [1.165, 1.54) is 38.2 Å². The van der Waals surface area contributed by atoms with E-state index in [0.29, 0.717) is 0 Å². The molecule has 0 aromatic heterocycles. The highest BCUT2D eigenvalue weighted by molar-refractivity contribution is 7.95. The molecule has 5 heteroatoms. The van der Waals surface area contributed by atoms with E-state index in [0.717, 1.165) is 20.0 Å². The van der Waals surface area contributed by atoms with Crippen LogP contribution in [0.15, 0.2) is 103 Å². The Balaban J connectivity index is 0.000000530. The van der Waals surface area contributed by atoms with Crippen LogP contribution in [0.25, 0.3) is 0 Å². The average Bonchev–Trinajstić information content (AvgIpc) is 2.84. The number of rotatable bonds is 5. The van der Waals surface area contributed by atoms with Gasteiger partial charge in [-0.1, -0.05) is 84.9 Å². The number of aryl methyl sites for hydroxylation is 3. The zero-order valence-electron chi connectivity index (χ0n) is 22.1. The van der Waals surface area contributed by atoms with Gasteiger partial charge in [0.25, 0.3) is 5.97 Å². The van der Waals surface area contributed by atoms with Crippen molar-refractivity contribution < 1.29 is 19.8 Å². The Kier molecular flexibility index (Phi) is 11.2. The Morgan fingerprint density at radius 3 is 1.19 bits per heavy atom. The summed E-state index contributed by atoms with van der Waals surface area (Å²) < 4.78 is 0. The highest BCUT2D eigenvalue weighted by Gasteiger charge is 2.48. The summed E-state index contributed by atoms with van der Waals surface area (Å²) in [5.74, 6) is -1.92.